The first-order valence-corrected chi connectivity index (χ1v) is 16.0. The number of benzene rings is 3. The highest BCUT2D eigenvalue weighted by molar-refractivity contribution is 7.92. The Morgan fingerprint density at radius 3 is 2.38 bits per heavy atom. The first kappa shape index (κ1) is 28.5. The van der Waals surface area contributed by atoms with Gasteiger partial charge < -0.3 is 9.64 Å². The number of sulfonamides is 1. The average molecular weight is 563 g/mol. The Morgan fingerprint density at radius 2 is 1.68 bits per heavy atom. The summed E-state index contributed by atoms with van der Waals surface area (Å²) in [5.41, 5.74) is 4.55. The molecule has 0 aromatic heterocycles. The summed E-state index contributed by atoms with van der Waals surface area (Å²) in [6, 6.07) is 23.3. The van der Waals surface area contributed by atoms with Crippen LogP contribution in [0, 0.1) is 0 Å². The minimum absolute atomic E-state index is 0.265. The van der Waals surface area contributed by atoms with Crippen molar-refractivity contribution in [2.24, 2.45) is 0 Å². The van der Waals surface area contributed by atoms with Gasteiger partial charge in [-0.2, -0.15) is 0 Å². The van der Waals surface area contributed by atoms with Gasteiger partial charge in [-0.15, -0.1) is 0 Å². The molecule has 5 rings (SSSR count). The van der Waals surface area contributed by atoms with E-state index in [1.807, 2.05) is 30.3 Å². The largest absolute Gasteiger partial charge is 0.496 e. The fraction of sp³-hybridized carbons (Fsp3) is 0.438. The summed E-state index contributed by atoms with van der Waals surface area (Å²) < 4.78 is 33.5. The third-order valence-corrected chi connectivity index (χ3v) is 9.67. The van der Waals surface area contributed by atoms with Crippen LogP contribution in [0.25, 0.3) is 0 Å². The molecule has 0 unspecified atom stereocenters. The van der Waals surface area contributed by atoms with Crippen molar-refractivity contribution in [1.29, 1.82) is 0 Å². The van der Waals surface area contributed by atoms with Crippen LogP contribution >= 0.6 is 0 Å². The lowest BCUT2D eigenvalue weighted by atomic mass is 9.86. The van der Waals surface area contributed by atoms with E-state index in [0.717, 1.165) is 70.1 Å². The van der Waals surface area contributed by atoms with Crippen molar-refractivity contribution in [2.75, 3.05) is 62.5 Å². The maximum atomic E-state index is 12.6. The minimum atomic E-state index is -3.58. The Balaban J connectivity index is 1.11. The zero-order valence-electron chi connectivity index (χ0n) is 23.8. The number of hydrogen-bond donors (Lipinski definition) is 1. The Hall–Kier alpha value is -3.07. The van der Waals surface area contributed by atoms with Crippen molar-refractivity contribution in [3.63, 3.8) is 0 Å². The Bertz CT molecular complexity index is 1340. The number of fused-ring (bicyclic) bond motifs is 1. The molecule has 0 radical (unpaired) electrons. The number of piperazine rings is 1. The molecule has 40 heavy (non-hydrogen) atoms. The van der Waals surface area contributed by atoms with Gasteiger partial charge in [0.05, 0.1) is 12.0 Å². The van der Waals surface area contributed by atoms with Crippen LogP contribution in [0.15, 0.2) is 77.7 Å². The van der Waals surface area contributed by atoms with Gasteiger partial charge in [0.2, 0.25) is 0 Å². The zero-order chi connectivity index (χ0) is 28.0. The summed E-state index contributed by atoms with van der Waals surface area (Å²) in [6.07, 6.45) is 4.57. The number of anilines is 2. The molecule has 3 aromatic carbocycles. The molecular formula is C32H42N4O3S. The molecule has 3 aromatic rings. The van der Waals surface area contributed by atoms with Gasteiger partial charge in [0.1, 0.15) is 5.75 Å². The van der Waals surface area contributed by atoms with Gasteiger partial charge in [0.25, 0.3) is 10.0 Å². The lowest BCUT2D eigenvalue weighted by Crippen LogP contribution is -2.50. The monoisotopic (exact) mass is 562 g/mol. The molecule has 1 saturated heterocycles. The standard InChI is InChI=1S/C32H42N4O3S/c1-3-18-35(29-16-17-31-26(25-29)8-7-11-32(31)39-2)22-19-34-20-23-36(24-21-34)28-14-12-27(13-15-28)33-40(37,38)30-9-5-4-6-10-30/h4-15,29,33H,3,16-25H2,1-2H3/t29-/m0/s1. The number of methoxy groups -OCH3 is 1. The van der Waals surface area contributed by atoms with Crippen LogP contribution in [0.3, 0.4) is 0 Å². The van der Waals surface area contributed by atoms with Crippen LogP contribution in [-0.2, 0) is 22.9 Å². The van der Waals surface area contributed by atoms with Crippen molar-refractivity contribution in [3.05, 3.63) is 83.9 Å². The number of nitrogens with zero attached hydrogens (tertiary/aromatic N) is 3. The quantitative estimate of drug-likeness (QED) is 0.359. The van der Waals surface area contributed by atoms with Crippen molar-refractivity contribution < 1.29 is 13.2 Å². The maximum Gasteiger partial charge on any atom is 0.261 e. The second-order valence-corrected chi connectivity index (χ2v) is 12.5. The molecule has 1 N–H and O–H groups in total. The van der Waals surface area contributed by atoms with E-state index in [1.165, 1.54) is 24.0 Å². The molecule has 1 aliphatic heterocycles. The van der Waals surface area contributed by atoms with E-state index in [9.17, 15) is 8.42 Å². The highest BCUT2D eigenvalue weighted by Gasteiger charge is 2.26. The summed E-state index contributed by atoms with van der Waals surface area (Å²) in [5, 5.41) is 0. The van der Waals surface area contributed by atoms with Crippen molar-refractivity contribution in [3.8, 4) is 5.75 Å². The van der Waals surface area contributed by atoms with Crippen molar-refractivity contribution in [2.45, 2.75) is 43.5 Å². The van der Waals surface area contributed by atoms with E-state index in [-0.39, 0.29) is 4.90 Å². The smallest absolute Gasteiger partial charge is 0.261 e. The van der Waals surface area contributed by atoms with Gasteiger partial charge in [-0.05, 0) is 85.8 Å². The number of ether oxygens (including phenoxy) is 1. The molecule has 1 heterocycles. The van der Waals surface area contributed by atoms with E-state index in [4.69, 9.17) is 4.74 Å². The molecule has 214 valence electrons. The van der Waals surface area contributed by atoms with Crippen molar-refractivity contribution >= 4 is 21.4 Å². The number of hydrogen-bond acceptors (Lipinski definition) is 6. The Morgan fingerprint density at radius 1 is 0.925 bits per heavy atom. The van der Waals surface area contributed by atoms with Gasteiger partial charge in [0.15, 0.2) is 0 Å². The van der Waals surface area contributed by atoms with Crippen LogP contribution in [0.4, 0.5) is 11.4 Å². The predicted octanol–water partition coefficient (Wildman–Crippen LogP) is 4.89. The third-order valence-electron chi connectivity index (χ3n) is 8.27. The molecule has 0 spiro atoms. The van der Waals surface area contributed by atoms with E-state index < -0.39 is 10.0 Å². The highest BCUT2D eigenvalue weighted by Crippen LogP contribution is 2.31. The topological polar surface area (TPSA) is 65.1 Å². The first-order chi connectivity index (χ1) is 19.5. The molecule has 0 saturated carbocycles. The van der Waals surface area contributed by atoms with Gasteiger partial charge in [-0.1, -0.05) is 37.3 Å². The molecule has 7 nitrogen and oxygen atoms in total. The Kier molecular flexibility index (Phi) is 9.29. The SMILES string of the molecule is CCCN(CCN1CCN(c2ccc(NS(=O)(=O)c3ccccc3)cc2)CC1)[C@H]1CCc2c(cccc2OC)C1. The van der Waals surface area contributed by atoms with Gasteiger partial charge in [0, 0.05) is 56.7 Å². The maximum absolute atomic E-state index is 12.6. The molecular weight excluding hydrogens is 520 g/mol. The van der Waals surface area contributed by atoms with Crippen LogP contribution in [0.2, 0.25) is 0 Å². The van der Waals surface area contributed by atoms with Gasteiger partial charge >= 0.3 is 0 Å². The van der Waals surface area contributed by atoms with E-state index in [2.05, 4.69) is 44.5 Å². The number of rotatable bonds is 11. The lowest BCUT2D eigenvalue weighted by molar-refractivity contribution is 0.145. The fourth-order valence-electron chi connectivity index (χ4n) is 6.07. The molecule has 0 amide bonds. The summed E-state index contributed by atoms with van der Waals surface area (Å²) in [7, 11) is -1.81. The minimum Gasteiger partial charge on any atom is -0.496 e. The molecule has 2 aliphatic rings. The van der Waals surface area contributed by atoms with Crippen LogP contribution in [-0.4, -0.2) is 77.2 Å². The summed E-state index contributed by atoms with van der Waals surface area (Å²) in [6.45, 7) is 9.64. The second kappa shape index (κ2) is 13.1. The predicted molar refractivity (Wildman–Crippen MR) is 163 cm³/mol. The lowest BCUT2D eigenvalue weighted by Gasteiger charge is -2.39. The highest BCUT2D eigenvalue weighted by atomic mass is 32.2. The van der Waals surface area contributed by atoms with E-state index in [0.29, 0.717) is 11.7 Å². The molecule has 0 bridgehead atoms. The van der Waals surface area contributed by atoms with Crippen LogP contribution in [0.5, 0.6) is 5.75 Å². The molecule has 1 fully saturated rings. The third kappa shape index (κ3) is 6.79. The molecule has 1 atom stereocenters. The van der Waals surface area contributed by atoms with Crippen LogP contribution < -0.4 is 14.4 Å². The number of nitrogens with one attached hydrogen (secondary N) is 1. The van der Waals surface area contributed by atoms with E-state index >= 15 is 0 Å². The van der Waals surface area contributed by atoms with Crippen LogP contribution in [0.1, 0.15) is 30.9 Å². The van der Waals surface area contributed by atoms with Gasteiger partial charge in [-0.3, -0.25) is 14.5 Å². The van der Waals surface area contributed by atoms with E-state index in [1.54, 1.807) is 31.4 Å². The second-order valence-electron chi connectivity index (χ2n) is 10.8. The first-order valence-electron chi connectivity index (χ1n) is 14.5. The average Bonchev–Trinajstić information content (AvgIpc) is 2.99. The fourth-order valence-corrected chi connectivity index (χ4v) is 7.15. The molecule has 1 aliphatic carbocycles. The summed E-state index contributed by atoms with van der Waals surface area (Å²) in [5.74, 6) is 1.04. The van der Waals surface area contributed by atoms with Gasteiger partial charge in [-0.25, -0.2) is 8.42 Å². The summed E-state index contributed by atoms with van der Waals surface area (Å²) >= 11 is 0. The van der Waals surface area contributed by atoms with Crippen molar-refractivity contribution in [1.82, 2.24) is 9.80 Å². The molecule has 8 heteroatoms. The zero-order valence-corrected chi connectivity index (χ0v) is 24.6. The Labute approximate surface area is 239 Å². The normalized spacial score (nSPS) is 18.0. The summed E-state index contributed by atoms with van der Waals surface area (Å²) in [4.78, 5) is 7.95.